The van der Waals surface area contributed by atoms with E-state index >= 15 is 0 Å². The molecular weight excluding hydrogens is 244 g/mol. The lowest BCUT2D eigenvalue weighted by atomic mass is 9.96. The molecule has 1 aliphatic carbocycles. The van der Waals surface area contributed by atoms with Gasteiger partial charge in [0.15, 0.2) is 5.78 Å². The zero-order valence-electron chi connectivity index (χ0n) is 12.9. The van der Waals surface area contributed by atoms with Gasteiger partial charge in [-0.25, -0.2) is 0 Å². The molecule has 1 aromatic carbocycles. The SMILES string of the molecule is CC1=CC(C)C=C1C(=O)Cc1cccc(CC(C)C)c1. The molecule has 1 nitrogen and oxygen atoms in total. The minimum absolute atomic E-state index is 0.241. The van der Waals surface area contributed by atoms with Crippen LogP contribution in [0, 0.1) is 11.8 Å². The first-order chi connectivity index (χ1) is 9.45. The van der Waals surface area contributed by atoms with Gasteiger partial charge >= 0.3 is 0 Å². The molecule has 0 heterocycles. The Morgan fingerprint density at radius 2 is 1.90 bits per heavy atom. The maximum Gasteiger partial charge on any atom is 0.167 e. The van der Waals surface area contributed by atoms with E-state index in [0.717, 1.165) is 23.1 Å². The summed E-state index contributed by atoms with van der Waals surface area (Å²) in [6.07, 6.45) is 5.81. The predicted octanol–water partition coefficient (Wildman–Crippen LogP) is 4.52. The second-order valence-corrected chi connectivity index (χ2v) is 6.31. The molecule has 0 aromatic heterocycles. The van der Waals surface area contributed by atoms with Crippen LogP contribution >= 0.6 is 0 Å². The van der Waals surface area contributed by atoms with Crippen LogP contribution < -0.4 is 0 Å². The van der Waals surface area contributed by atoms with E-state index < -0.39 is 0 Å². The van der Waals surface area contributed by atoms with Crippen LogP contribution in [0.25, 0.3) is 0 Å². The topological polar surface area (TPSA) is 17.1 Å². The zero-order valence-corrected chi connectivity index (χ0v) is 12.9. The van der Waals surface area contributed by atoms with Crippen molar-refractivity contribution in [1.29, 1.82) is 0 Å². The van der Waals surface area contributed by atoms with Crippen molar-refractivity contribution < 1.29 is 4.79 Å². The first-order valence-corrected chi connectivity index (χ1v) is 7.47. The van der Waals surface area contributed by atoms with Crippen LogP contribution in [-0.2, 0) is 17.6 Å². The third-order valence-corrected chi connectivity index (χ3v) is 3.67. The number of carbonyl (C=O) groups excluding carboxylic acids is 1. The quantitative estimate of drug-likeness (QED) is 0.767. The Morgan fingerprint density at radius 1 is 1.20 bits per heavy atom. The van der Waals surface area contributed by atoms with Gasteiger partial charge in [-0.05, 0) is 41.9 Å². The number of carbonyl (C=O) groups is 1. The minimum Gasteiger partial charge on any atom is -0.294 e. The molecule has 106 valence electrons. The van der Waals surface area contributed by atoms with Gasteiger partial charge in [-0.2, -0.15) is 0 Å². The normalized spacial score (nSPS) is 18.1. The van der Waals surface area contributed by atoms with E-state index in [4.69, 9.17) is 0 Å². The van der Waals surface area contributed by atoms with Crippen molar-refractivity contribution in [3.8, 4) is 0 Å². The molecule has 1 unspecified atom stereocenters. The Hall–Kier alpha value is -1.63. The molecule has 0 N–H and O–H groups in total. The molecule has 20 heavy (non-hydrogen) atoms. The Morgan fingerprint density at radius 3 is 2.50 bits per heavy atom. The van der Waals surface area contributed by atoms with Crippen LogP contribution in [0.4, 0.5) is 0 Å². The summed E-state index contributed by atoms with van der Waals surface area (Å²) >= 11 is 0. The van der Waals surface area contributed by atoms with Crippen molar-refractivity contribution in [3.05, 3.63) is 58.7 Å². The number of Topliss-reactive ketones (excluding diaryl/α,β-unsaturated/α-hetero) is 1. The van der Waals surface area contributed by atoms with Gasteiger partial charge in [-0.15, -0.1) is 0 Å². The van der Waals surface area contributed by atoms with Crippen LogP contribution in [0.2, 0.25) is 0 Å². The fourth-order valence-corrected chi connectivity index (χ4v) is 2.86. The van der Waals surface area contributed by atoms with Gasteiger partial charge in [0.2, 0.25) is 0 Å². The van der Waals surface area contributed by atoms with Crippen molar-refractivity contribution in [2.24, 2.45) is 11.8 Å². The summed E-state index contributed by atoms with van der Waals surface area (Å²) in [6.45, 7) is 8.59. The summed E-state index contributed by atoms with van der Waals surface area (Å²) in [5, 5.41) is 0. The average Bonchev–Trinajstić information content (AvgIpc) is 2.68. The molecule has 0 saturated carbocycles. The molecule has 0 spiro atoms. The van der Waals surface area contributed by atoms with Crippen molar-refractivity contribution in [2.45, 2.75) is 40.5 Å². The van der Waals surface area contributed by atoms with Crippen molar-refractivity contribution in [1.82, 2.24) is 0 Å². The number of allylic oxidation sites excluding steroid dienone is 4. The first-order valence-electron chi connectivity index (χ1n) is 7.47. The fourth-order valence-electron chi connectivity index (χ4n) is 2.86. The molecule has 1 heteroatoms. The summed E-state index contributed by atoms with van der Waals surface area (Å²) in [6, 6.07) is 8.44. The highest BCUT2D eigenvalue weighted by atomic mass is 16.1. The second kappa shape index (κ2) is 6.21. The van der Waals surface area contributed by atoms with Gasteiger partial charge in [-0.1, -0.05) is 57.2 Å². The van der Waals surface area contributed by atoms with Crippen LogP contribution in [0.5, 0.6) is 0 Å². The van der Waals surface area contributed by atoms with Gasteiger partial charge in [0.1, 0.15) is 0 Å². The molecule has 1 aromatic rings. The Kier molecular flexibility index (Phi) is 4.59. The first kappa shape index (κ1) is 14.8. The van der Waals surface area contributed by atoms with E-state index in [2.05, 4.69) is 57.2 Å². The Labute approximate surface area is 122 Å². The van der Waals surface area contributed by atoms with Crippen LogP contribution in [0.15, 0.2) is 47.6 Å². The highest BCUT2D eigenvalue weighted by molar-refractivity contribution is 6.01. The van der Waals surface area contributed by atoms with Crippen LogP contribution in [0.3, 0.4) is 0 Å². The highest BCUT2D eigenvalue weighted by Crippen LogP contribution is 2.25. The summed E-state index contributed by atoms with van der Waals surface area (Å²) in [5.41, 5.74) is 4.49. The molecule has 0 fully saturated rings. The van der Waals surface area contributed by atoms with Crippen molar-refractivity contribution >= 4 is 5.78 Å². The fraction of sp³-hybridized carbons (Fsp3) is 0.421. The number of rotatable bonds is 5. The van der Waals surface area contributed by atoms with Gasteiger partial charge in [0.25, 0.3) is 0 Å². The third kappa shape index (κ3) is 3.69. The summed E-state index contributed by atoms with van der Waals surface area (Å²) in [4.78, 5) is 12.4. The largest absolute Gasteiger partial charge is 0.294 e. The highest BCUT2D eigenvalue weighted by Gasteiger charge is 2.18. The maximum absolute atomic E-state index is 12.4. The van der Waals surface area contributed by atoms with E-state index in [0.29, 0.717) is 18.3 Å². The number of hydrogen-bond acceptors (Lipinski definition) is 1. The summed E-state index contributed by atoms with van der Waals surface area (Å²) < 4.78 is 0. The third-order valence-electron chi connectivity index (χ3n) is 3.67. The van der Waals surface area contributed by atoms with Crippen molar-refractivity contribution in [3.63, 3.8) is 0 Å². The smallest absolute Gasteiger partial charge is 0.167 e. The molecule has 1 atom stereocenters. The maximum atomic E-state index is 12.4. The monoisotopic (exact) mass is 268 g/mol. The Balaban J connectivity index is 2.09. The summed E-state index contributed by atoms with van der Waals surface area (Å²) in [5.74, 6) is 1.27. The molecule has 2 rings (SSSR count). The zero-order chi connectivity index (χ0) is 14.7. The number of benzene rings is 1. The Bertz CT molecular complexity index is 561. The molecule has 0 saturated heterocycles. The van der Waals surface area contributed by atoms with Gasteiger partial charge < -0.3 is 0 Å². The van der Waals surface area contributed by atoms with Gasteiger partial charge in [0, 0.05) is 12.0 Å². The van der Waals surface area contributed by atoms with E-state index in [-0.39, 0.29) is 5.78 Å². The molecule has 0 radical (unpaired) electrons. The van der Waals surface area contributed by atoms with E-state index in [9.17, 15) is 4.79 Å². The predicted molar refractivity (Wildman–Crippen MR) is 84.7 cm³/mol. The van der Waals surface area contributed by atoms with E-state index in [1.807, 2.05) is 6.92 Å². The lowest BCUT2D eigenvalue weighted by Gasteiger charge is -2.08. The molecule has 1 aliphatic rings. The van der Waals surface area contributed by atoms with Gasteiger partial charge in [0.05, 0.1) is 0 Å². The van der Waals surface area contributed by atoms with E-state index in [1.165, 1.54) is 5.56 Å². The number of ketones is 1. The van der Waals surface area contributed by atoms with E-state index in [1.54, 1.807) is 0 Å². The molecule has 0 aliphatic heterocycles. The minimum atomic E-state index is 0.241. The molecule has 0 amide bonds. The van der Waals surface area contributed by atoms with Crippen LogP contribution in [-0.4, -0.2) is 5.78 Å². The lowest BCUT2D eigenvalue weighted by Crippen LogP contribution is -2.07. The number of hydrogen-bond donors (Lipinski definition) is 0. The van der Waals surface area contributed by atoms with Crippen molar-refractivity contribution in [2.75, 3.05) is 0 Å². The molecular formula is C19H24O. The standard InChI is InChI=1S/C19H24O/c1-13(2)8-16-6-5-7-17(11-16)12-19(20)18-10-14(3)9-15(18)4/h5-7,9-11,13-14H,8,12H2,1-4H3. The molecule has 0 bridgehead atoms. The second-order valence-electron chi connectivity index (χ2n) is 6.31. The average molecular weight is 268 g/mol. The lowest BCUT2D eigenvalue weighted by molar-refractivity contribution is -0.114. The van der Waals surface area contributed by atoms with Gasteiger partial charge in [-0.3, -0.25) is 4.79 Å². The van der Waals surface area contributed by atoms with Crippen LogP contribution in [0.1, 0.15) is 38.8 Å². The summed E-state index contributed by atoms with van der Waals surface area (Å²) in [7, 11) is 0.